The molecule has 0 saturated heterocycles. The highest BCUT2D eigenvalue weighted by molar-refractivity contribution is 6.31. The molecule has 0 aliphatic carbocycles. The molecule has 74 valence electrons. The number of benzene rings is 1. The smallest absolute Gasteiger partial charge is 0.0731 e. The highest BCUT2D eigenvalue weighted by Gasteiger charge is 1.97. The zero-order valence-electron chi connectivity index (χ0n) is 7.87. The molecule has 0 aliphatic heterocycles. The lowest BCUT2D eigenvalue weighted by Crippen LogP contribution is -1.95. The molecule has 0 saturated carbocycles. The second-order valence-corrected chi connectivity index (χ2v) is 3.31. The summed E-state index contributed by atoms with van der Waals surface area (Å²) >= 11 is 5.93. The maximum Gasteiger partial charge on any atom is 0.0731 e. The van der Waals surface area contributed by atoms with E-state index in [2.05, 4.69) is 6.07 Å². The van der Waals surface area contributed by atoms with Gasteiger partial charge in [-0.25, -0.2) is 0 Å². The zero-order chi connectivity index (χ0) is 10.2. The second kappa shape index (κ2) is 6.42. The van der Waals surface area contributed by atoms with Crippen molar-refractivity contribution in [3.63, 3.8) is 0 Å². The number of unbranched alkanes of at least 4 members (excludes halogenated alkanes) is 1. The summed E-state index contributed by atoms with van der Waals surface area (Å²) in [6.45, 7) is 1.13. The first-order valence-corrected chi connectivity index (χ1v) is 4.90. The van der Waals surface area contributed by atoms with Crippen LogP contribution in [0.3, 0.4) is 0 Å². The van der Waals surface area contributed by atoms with Crippen molar-refractivity contribution in [2.75, 3.05) is 6.61 Å². The summed E-state index contributed by atoms with van der Waals surface area (Å²) in [6.07, 6.45) is 1.32. The van der Waals surface area contributed by atoms with Gasteiger partial charge in [-0.1, -0.05) is 29.8 Å². The summed E-state index contributed by atoms with van der Waals surface area (Å²) in [5, 5.41) is 9.03. The molecule has 0 radical (unpaired) electrons. The van der Waals surface area contributed by atoms with E-state index in [9.17, 15) is 0 Å². The van der Waals surface area contributed by atoms with Gasteiger partial charge in [0.25, 0.3) is 0 Å². The highest BCUT2D eigenvalue weighted by Crippen LogP contribution is 2.15. The Bertz CT molecular complexity index is 319. The van der Waals surface area contributed by atoms with Crippen molar-refractivity contribution in [2.45, 2.75) is 19.4 Å². The van der Waals surface area contributed by atoms with Crippen LogP contribution in [0.25, 0.3) is 0 Å². The minimum atomic E-state index is 0.519. The van der Waals surface area contributed by atoms with Crippen LogP contribution in [0.5, 0.6) is 0 Å². The van der Waals surface area contributed by atoms with Crippen LogP contribution in [0.4, 0.5) is 0 Å². The molecule has 0 unspecified atom stereocenters. The Kier molecular flexibility index (Phi) is 5.06. The Hall–Kier alpha value is -1.04. The third-order valence-electron chi connectivity index (χ3n) is 1.79. The van der Waals surface area contributed by atoms with Gasteiger partial charge in [-0.3, -0.25) is 0 Å². The molecule has 0 bridgehead atoms. The summed E-state index contributed by atoms with van der Waals surface area (Å²) in [5.74, 6) is 0. The van der Waals surface area contributed by atoms with E-state index < -0.39 is 0 Å². The topological polar surface area (TPSA) is 33.0 Å². The standard InChI is InChI=1S/C11H12ClNO/c12-11-6-2-1-5-10(11)9-14-8-4-3-7-13/h1-2,5-6H,3-4,8-9H2. The Morgan fingerprint density at radius 1 is 1.36 bits per heavy atom. The summed E-state index contributed by atoms with van der Waals surface area (Å²) in [4.78, 5) is 0. The van der Waals surface area contributed by atoms with Gasteiger partial charge in [0.05, 0.1) is 12.7 Å². The fourth-order valence-corrected chi connectivity index (χ4v) is 1.24. The highest BCUT2D eigenvalue weighted by atomic mass is 35.5. The summed E-state index contributed by atoms with van der Waals surface area (Å²) in [6, 6.07) is 9.67. The largest absolute Gasteiger partial charge is 0.377 e. The van der Waals surface area contributed by atoms with Crippen LogP contribution in [0.2, 0.25) is 5.02 Å². The molecule has 0 heterocycles. The molecule has 0 aliphatic rings. The van der Waals surface area contributed by atoms with E-state index in [0.29, 0.717) is 19.6 Å². The van der Waals surface area contributed by atoms with Crippen molar-refractivity contribution >= 4 is 11.6 Å². The van der Waals surface area contributed by atoms with Crippen LogP contribution < -0.4 is 0 Å². The van der Waals surface area contributed by atoms with E-state index in [0.717, 1.165) is 17.0 Å². The van der Waals surface area contributed by atoms with E-state index in [4.69, 9.17) is 21.6 Å². The van der Waals surface area contributed by atoms with Gasteiger partial charge >= 0.3 is 0 Å². The summed E-state index contributed by atoms with van der Waals surface area (Å²) in [5.41, 5.74) is 0.992. The van der Waals surface area contributed by atoms with Gasteiger partial charge in [0.2, 0.25) is 0 Å². The lowest BCUT2D eigenvalue weighted by molar-refractivity contribution is 0.119. The minimum absolute atomic E-state index is 0.519. The lowest BCUT2D eigenvalue weighted by atomic mass is 10.2. The number of hydrogen-bond donors (Lipinski definition) is 0. The average molecular weight is 210 g/mol. The number of ether oxygens (including phenoxy) is 1. The van der Waals surface area contributed by atoms with Crippen molar-refractivity contribution < 1.29 is 4.74 Å². The van der Waals surface area contributed by atoms with Crippen LogP contribution in [0, 0.1) is 11.3 Å². The fourth-order valence-electron chi connectivity index (χ4n) is 1.05. The first kappa shape index (κ1) is 11.0. The Morgan fingerprint density at radius 2 is 2.14 bits per heavy atom. The monoisotopic (exact) mass is 209 g/mol. The molecule has 14 heavy (non-hydrogen) atoms. The molecular formula is C11H12ClNO. The summed E-state index contributed by atoms with van der Waals surface area (Å²) < 4.78 is 5.37. The molecule has 0 fully saturated rings. The fraction of sp³-hybridized carbons (Fsp3) is 0.364. The van der Waals surface area contributed by atoms with Crippen molar-refractivity contribution in [3.05, 3.63) is 34.9 Å². The molecule has 3 heteroatoms. The molecule has 2 nitrogen and oxygen atoms in total. The van der Waals surface area contributed by atoms with Crippen LogP contribution >= 0.6 is 11.6 Å². The SMILES string of the molecule is N#CCCCOCc1ccccc1Cl. The normalized spacial score (nSPS) is 9.71. The van der Waals surface area contributed by atoms with Crippen LogP contribution in [0.1, 0.15) is 18.4 Å². The molecule has 1 aromatic rings. The molecule has 1 aromatic carbocycles. The number of nitriles is 1. The van der Waals surface area contributed by atoms with Crippen molar-refractivity contribution in [1.82, 2.24) is 0 Å². The maximum atomic E-state index is 8.30. The first-order chi connectivity index (χ1) is 6.84. The van der Waals surface area contributed by atoms with Crippen molar-refractivity contribution in [3.8, 4) is 6.07 Å². The van der Waals surface area contributed by atoms with Gasteiger partial charge in [0, 0.05) is 18.1 Å². The maximum absolute atomic E-state index is 8.30. The molecular weight excluding hydrogens is 198 g/mol. The van der Waals surface area contributed by atoms with Gasteiger partial charge in [0.1, 0.15) is 0 Å². The van der Waals surface area contributed by atoms with Gasteiger partial charge in [0.15, 0.2) is 0 Å². The van der Waals surface area contributed by atoms with Crippen LogP contribution in [-0.2, 0) is 11.3 Å². The molecule has 0 aromatic heterocycles. The number of hydrogen-bond acceptors (Lipinski definition) is 2. The molecule has 0 atom stereocenters. The second-order valence-electron chi connectivity index (χ2n) is 2.91. The number of nitrogens with zero attached hydrogens (tertiary/aromatic N) is 1. The number of rotatable bonds is 5. The zero-order valence-corrected chi connectivity index (χ0v) is 8.63. The molecule has 0 spiro atoms. The van der Waals surface area contributed by atoms with Crippen molar-refractivity contribution in [1.29, 1.82) is 5.26 Å². The minimum Gasteiger partial charge on any atom is -0.377 e. The van der Waals surface area contributed by atoms with Gasteiger partial charge in [-0.2, -0.15) is 5.26 Å². The van der Waals surface area contributed by atoms with E-state index in [-0.39, 0.29) is 0 Å². The molecule has 1 rings (SSSR count). The van der Waals surface area contributed by atoms with Crippen molar-refractivity contribution in [2.24, 2.45) is 0 Å². The predicted molar refractivity (Wildman–Crippen MR) is 56.0 cm³/mol. The molecule has 0 N–H and O–H groups in total. The van der Waals surface area contributed by atoms with Gasteiger partial charge < -0.3 is 4.74 Å². The summed E-state index contributed by atoms with van der Waals surface area (Å²) in [7, 11) is 0. The quantitative estimate of drug-likeness (QED) is 0.698. The molecule has 0 amide bonds. The third kappa shape index (κ3) is 3.78. The van der Waals surface area contributed by atoms with E-state index in [1.165, 1.54) is 0 Å². The third-order valence-corrected chi connectivity index (χ3v) is 2.16. The predicted octanol–water partition coefficient (Wildman–Crippen LogP) is 3.16. The lowest BCUT2D eigenvalue weighted by Gasteiger charge is -2.04. The number of halogens is 1. The Morgan fingerprint density at radius 3 is 2.86 bits per heavy atom. The van der Waals surface area contributed by atoms with Crippen LogP contribution in [-0.4, -0.2) is 6.61 Å². The van der Waals surface area contributed by atoms with Gasteiger partial charge in [-0.15, -0.1) is 0 Å². The Balaban J connectivity index is 2.25. The van der Waals surface area contributed by atoms with Crippen LogP contribution in [0.15, 0.2) is 24.3 Å². The van der Waals surface area contributed by atoms with E-state index >= 15 is 0 Å². The van der Waals surface area contributed by atoms with E-state index in [1.807, 2.05) is 24.3 Å². The first-order valence-electron chi connectivity index (χ1n) is 4.52. The Labute approximate surface area is 89.1 Å². The average Bonchev–Trinajstić information content (AvgIpc) is 2.20. The van der Waals surface area contributed by atoms with E-state index in [1.54, 1.807) is 0 Å². The van der Waals surface area contributed by atoms with Gasteiger partial charge in [-0.05, 0) is 18.1 Å².